The molecular weight excluding hydrogens is 446 g/mol. The summed E-state index contributed by atoms with van der Waals surface area (Å²) in [6, 6.07) is 10.8. The number of thioether (sulfide) groups is 1. The molecule has 1 spiro atoms. The Labute approximate surface area is 192 Å². The Morgan fingerprint density at radius 1 is 1.06 bits per heavy atom. The van der Waals surface area contributed by atoms with Crippen molar-refractivity contribution in [2.24, 2.45) is 5.41 Å². The SMILES string of the molecule is CC1N(C2c3ccccc3SCc3c2ccc(F)c3F)n2ccc(=O)c(O)c2C(=O)C12CC2. The predicted molar refractivity (Wildman–Crippen MR) is 120 cm³/mol. The van der Waals surface area contributed by atoms with E-state index in [-0.39, 0.29) is 28.8 Å². The number of pyridine rings is 1. The van der Waals surface area contributed by atoms with Crippen LogP contribution in [0.2, 0.25) is 0 Å². The summed E-state index contributed by atoms with van der Waals surface area (Å²) in [5, 5.41) is 12.6. The first-order valence-corrected chi connectivity index (χ1v) is 11.8. The van der Waals surface area contributed by atoms with Crippen molar-refractivity contribution in [3.8, 4) is 5.75 Å². The van der Waals surface area contributed by atoms with Gasteiger partial charge in [0.1, 0.15) is 0 Å². The average molecular weight is 467 g/mol. The van der Waals surface area contributed by atoms with Gasteiger partial charge in [0, 0.05) is 28.5 Å². The molecule has 1 aliphatic carbocycles. The monoisotopic (exact) mass is 466 g/mol. The first-order valence-electron chi connectivity index (χ1n) is 10.8. The Kier molecular flexibility index (Phi) is 4.30. The molecule has 0 radical (unpaired) electrons. The minimum atomic E-state index is -0.902. The Bertz CT molecular complexity index is 1400. The van der Waals surface area contributed by atoms with E-state index in [1.54, 1.807) is 6.07 Å². The molecule has 2 aromatic carbocycles. The number of fused-ring (bicyclic) bond motifs is 3. The van der Waals surface area contributed by atoms with E-state index in [4.69, 9.17) is 0 Å². The van der Waals surface area contributed by atoms with Gasteiger partial charge in [-0.2, -0.15) is 0 Å². The molecule has 3 heterocycles. The van der Waals surface area contributed by atoms with Crippen LogP contribution in [0.1, 0.15) is 53.0 Å². The van der Waals surface area contributed by atoms with E-state index in [1.165, 1.54) is 28.7 Å². The third kappa shape index (κ3) is 2.70. The van der Waals surface area contributed by atoms with E-state index in [0.29, 0.717) is 18.4 Å². The summed E-state index contributed by atoms with van der Waals surface area (Å²) in [7, 11) is 0. The second kappa shape index (κ2) is 6.93. The van der Waals surface area contributed by atoms with Crippen molar-refractivity contribution in [3.63, 3.8) is 0 Å². The van der Waals surface area contributed by atoms with E-state index in [0.717, 1.165) is 16.5 Å². The van der Waals surface area contributed by atoms with Crippen LogP contribution in [-0.4, -0.2) is 21.6 Å². The number of aromatic nitrogens is 1. The zero-order chi connectivity index (χ0) is 23.1. The zero-order valence-corrected chi connectivity index (χ0v) is 18.5. The van der Waals surface area contributed by atoms with Gasteiger partial charge in [0.2, 0.25) is 5.43 Å². The molecule has 8 heteroatoms. The van der Waals surface area contributed by atoms with Crippen molar-refractivity contribution >= 4 is 17.5 Å². The fourth-order valence-electron chi connectivity index (χ4n) is 5.36. The number of carbonyl (C=O) groups excluding carboxylic acids is 1. The molecule has 0 amide bonds. The van der Waals surface area contributed by atoms with Crippen molar-refractivity contribution in [1.82, 2.24) is 4.68 Å². The van der Waals surface area contributed by atoms with Gasteiger partial charge in [0.05, 0.1) is 17.5 Å². The quantitative estimate of drug-likeness (QED) is 0.571. The van der Waals surface area contributed by atoms with Crippen LogP contribution in [0.25, 0.3) is 0 Å². The lowest BCUT2D eigenvalue weighted by atomic mass is 9.84. The molecule has 2 unspecified atom stereocenters. The summed E-state index contributed by atoms with van der Waals surface area (Å²) in [5.41, 5.74) is 0.392. The fourth-order valence-corrected chi connectivity index (χ4v) is 6.48. The number of aromatic hydroxyl groups is 1. The number of Topliss-reactive ketones (excluding diaryl/α,β-unsaturated/α-hetero) is 1. The van der Waals surface area contributed by atoms with E-state index >= 15 is 4.39 Å². The van der Waals surface area contributed by atoms with Crippen LogP contribution in [0.3, 0.4) is 0 Å². The molecular formula is C25H20F2N2O3S. The van der Waals surface area contributed by atoms with Crippen LogP contribution < -0.4 is 10.4 Å². The number of hydrogen-bond acceptors (Lipinski definition) is 5. The van der Waals surface area contributed by atoms with Gasteiger partial charge >= 0.3 is 0 Å². The molecule has 168 valence electrons. The van der Waals surface area contributed by atoms with E-state index in [1.807, 2.05) is 36.2 Å². The van der Waals surface area contributed by atoms with Crippen LogP contribution in [0, 0.1) is 17.0 Å². The Morgan fingerprint density at radius 2 is 1.82 bits per heavy atom. The first-order chi connectivity index (χ1) is 15.8. The molecule has 0 bridgehead atoms. The third-order valence-corrected chi connectivity index (χ3v) is 8.45. The number of benzene rings is 2. The van der Waals surface area contributed by atoms with Gasteiger partial charge in [-0.25, -0.2) is 8.78 Å². The van der Waals surface area contributed by atoms with Crippen LogP contribution in [0.4, 0.5) is 8.78 Å². The summed E-state index contributed by atoms with van der Waals surface area (Å²) in [6.07, 6.45) is 2.76. The van der Waals surface area contributed by atoms with Crippen LogP contribution in [0.15, 0.2) is 58.4 Å². The second-order valence-corrected chi connectivity index (χ2v) is 9.94. The van der Waals surface area contributed by atoms with Gasteiger partial charge in [0.15, 0.2) is 28.9 Å². The summed E-state index contributed by atoms with van der Waals surface area (Å²) in [6.45, 7) is 1.95. The maximum Gasteiger partial charge on any atom is 0.224 e. The molecule has 1 aromatic heterocycles. The standard InChI is InChI=1S/C25H20F2N2O3S/c1-13-25(9-10-25)24(32)22-23(31)18(30)8-11-28(22)29(13)21-14-6-7-17(26)20(27)16(14)12-33-19-5-3-2-4-15(19)21/h2-8,11,13,21,31H,9-10,12H2,1H3. The van der Waals surface area contributed by atoms with Gasteiger partial charge in [0.25, 0.3) is 0 Å². The van der Waals surface area contributed by atoms with Crippen molar-refractivity contribution in [3.05, 3.63) is 92.9 Å². The van der Waals surface area contributed by atoms with Gasteiger partial charge < -0.3 is 5.11 Å². The maximum absolute atomic E-state index is 15.0. The third-order valence-electron chi connectivity index (χ3n) is 7.33. The first kappa shape index (κ1) is 20.5. The molecule has 6 rings (SSSR count). The number of hydrogen-bond donors (Lipinski definition) is 1. The minimum absolute atomic E-state index is 0.0448. The van der Waals surface area contributed by atoms with E-state index in [2.05, 4.69) is 0 Å². The second-order valence-electron chi connectivity index (χ2n) is 8.92. The summed E-state index contributed by atoms with van der Waals surface area (Å²) in [5.74, 6) is -2.33. The van der Waals surface area contributed by atoms with Crippen molar-refractivity contribution < 1.29 is 18.7 Å². The lowest BCUT2D eigenvalue weighted by molar-refractivity contribution is 0.0814. The largest absolute Gasteiger partial charge is 0.503 e. The Hall–Kier alpha value is -3.13. The topological polar surface area (TPSA) is 62.5 Å². The predicted octanol–water partition coefficient (Wildman–Crippen LogP) is 4.53. The minimum Gasteiger partial charge on any atom is -0.503 e. The molecule has 5 nitrogen and oxygen atoms in total. The number of nitrogens with zero attached hydrogens (tertiary/aromatic N) is 2. The van der Waals surface area contributed by atoms with E-state index in [9.17, 15) is 19.1 Å². The molecule has 2 atom stereocenters. The molecule has 0 saturated heterocycles. The van der Waals surface area contributed by atoms with Crippen molar-refractivity contribution in [1.29, 1.82) is 0 Å². The van der Waals surface area contributed by atoms with E-state index < -0.39 is 34.3 Å². The van der Waals surface area contributed by atoms with Crippen LogP contribution in [0.5, 0.6) is 5.75 Å². The summed E-state index contributed by atoms with van der Waals surface area (Å²) in [4.78, 5) is 26.6. The average Bonchev–Trinajstić information content (AvgIpc) is 3.62. The highest BCUT2D eigenvalue weighted by atomic mass is 32.2. The highest BCUT2D eigenvalue weighted by molar-refractivity contribution is 7.98. The number of rotatable bonds is 1. The fraction of sp³-hybridized carbons (Fsp3) is 0.280. The highest BCUT2D eigenvalue weighted by Crippen LogP contribution is 2.57. The Morgan fingerprint density at radius 3 is 2.58 bits per heavy atom. The van der Waals surface area contributed by atoms with Crippen molar-refractivity contribution in [2.75, 3.05) is 5.01 Å². The molecule has 3 aromatic rings. The molecule has 33 heavy (non-hydrogen) atoms. The zero-order valence-electron chi connectivity index (χ0n) is 17.7. The summed E-state index contributed by atoms with van der Waals surface area (Å²) < 4.78 is 30.8. The van der Waals surface area contributed by atoms with Crippen LogP contribution in [-0.2, 0) is 5.75 Å². The normalized spacial score (nSPS) is 22.4. The van der Waals surface area contributed by atoms with Gasteiger partial charge in [-0.05, 0) is 43.0 Å². The molecule has 2 aliphatic heterocycles. The molecule has 3 aliphatic rings. The lowest BCUT2D eigenvalue weighted by Gasteiger charge is -2.47. The van der Waals surface area contributed by atoms with Crippen LogP contribution >= 0.6 is 11.8 Å². The maximum atomic E-state index is 15.0. The lowest BCUT2D eigenvalue weighted by Crippen LogP contribution is -2.57. The molecule has 1 saturated carbocycles. The number of halogens is 2. The molecule has 1 N–H and O–H groups in total. The number of ketones is 1. The molecule has 1 fully saturated rings. The van der Waals surface area contributed by atoms with Gasteiger partial charge in [-0.1, -0.05) is 24.3 Å². The number of carbonyl (C=O) groups is 1. The smallest absolute Gasteiger partial charge is 0.224 e. The van der Waals surface area contributed by atoms with Gasteiger partial charge in [-0.15, -0.1) is 11.8 Å². The van der Waals surface area contributed by atoms with Gasteiger partial charge in [-0.3, -0.25) is 19.3 Å². The summed E-state index contributed by atoms with van der Waals surface area (Å²) >= 11 is 1.44. The highest BCUT2D eigenvalue weighted by Gasteiger charge is 2.61. The van der Waals surface area contributed by atoms with Crippen molar-refractivity contribution in [2.45, 2.75) is 42.5 Å². The Balaban J connectivity index is 1.68.